The smallest absolute Gasteiger partial charge is 0.191 e. The van der Waals surface area contributed by atoms with Gasteiger partial charge in [-0.15, -0.1) is 0 Å². The van der Waals surface area contributed by atoms with Gasteiger partial charge in [-0.2, -0.15) is 0 Å². The number of nitrogens with zero attached hydrogens (tertiary/aromatic N) is 2. The van der Waals surface area contributed by atoms with E-state index >= 15 is 0 Å². The molecule has 21 heavy (non-hydrogen) atoms. The topological polar surface area (TPSA) is 39.7 Å². The van der Waals surface area contributed by atoms with Crippen LogP contribution in [0.4, 0.5) is 0 Å². The molecule has 2 unspecified atom stereocenters. The largest absolute Gasteiger partial charge is 0.357 e. The highest BCUT2D eigenvalue weighted by Crippen LogP contribution is 2.31. The Morgan fingerprint density at radius 2 is 1.90 bits per heavy atom. The second-order valence-electron chi connectivity index (χ2n) is 7.28. The highest BCUT2D eigenvalue weighted by atomic mass is 15.3. The molecule has 0 amide bonds. The minimum atomic E-state index is 0.562. The van der Waals surface area contributed by atoms with Gasteiger partial charge in [0.25, 0.3) is 0 Å². The van der Waals surface area contributed by atoms with Crippen molar-refractivity contribution in [2.24, 2.45) is 16.8 Å². The highest BCUT2D eigenvalue weighted by molar-refractivity contribution is 5.80. The minimum Gasteiger partial charge on any atom is -0.357 e. The third-order valence-corrected chi connectivity index (χ3v) is 5.35. The molecule has 2 atom stereocenters. The van der Waals surface area contributed by atoms with Crippen molar-refractivity contribution < 1.29 is 0 Å². The van der Waals surface area contributed by atoms with Crippen LogP contribution in [0.3, 0.4) is 0 Å². The lowest BCUT2D eigenvalue weighted by atomic mass is 10.1. The zero-order valence-electron chi connectivity index (χ0n) is 13.8. The molecule has 4 heteroatoms. The molecule has 1 heterocycles. The fourth-order valence-corrected chi connectivity index (χ4v) is 3.84. The lowest BCUT2D eigenvalue weighted by Crippen LogP contribution is -2.46. The van der Waals surface area contributed by atoms with Gasteiger partial charge in [-0.05, 0) is 44.4 Å². The van der Waals surface area contributed by atoms with Gasteiger partial charge < -0.3 is 10.6 Å². The fourth-order valence-electron chi connectivity index (χ4n) is 3.84. The Hall–Kier alpha value is -0.770. The molecule has 2 aliphatic carbocycles. The molecule has 4 nitrogen and oxygen atoms in total. The first-order valence-corrected chi connectivity index (χ1v) is 9.05. The fraction of sp³-hybridized carbons (Fsp3) is 0.941. The average Bonchev–Trinajstić information content (AvgIpc) is 3.07. The number of hydrogen-bond donors (Lipinski definition) is 2. The van der Waals surface area contributed by atoms with Gasteiger partial charge in [0, 0.05) is 38.3 Å². The first-order valence-electron chi connectivity index (χ1n) is 9.05. The molecule has 3 fully saturated rings. The quantitative estimate of drug-likeness (QED) is 0.603. The van der Waals surface area contributed by atoms with E-state index in [4.69, 9.17) is 4.99 Å². The standard InChI is InChI=1S/C17H32N4/c1-3-18-17(19-10-14-6-4-5-7-14)20-16-12-21(11-13(16)2)15-8-9-15/h13-16H,3-12H2,1-2H3,(H2,18,19,20). The van der Waals surface area contributed by atoms with E-state index in [1.807, 2.05) is 0 Å². The summed E-state index contributed by atoms with van der Waals surface area (Å²) >= 11 is 0. The van der Waals surface area contributed by atoms with Crippen LogP contribution in [0.1, 0.15) is 52.4 Å². The maximum absolute atomic E-state index is 4.85. The van der Waals surface area contributed by atoms with Gasteiger partial charge in [0.15, 0.2) is 5.96 Å². The van der Waals surface area contributed by atoms with Crippen molar-refractivity contribution in [2.75, 3.05) is 26.2 Å². The van der Waals surface area contributed by atoms with Gasteiger partial charge in [0.1, 0.15) is 0 Å². The number of likely N-dealkylation sites (tertiary alicyclic amines) is 1. The first kappa shape index (κ1) is 15.1. The van der Waals surface area contributed by atoms with Crippen LogP contribution in [0.15, 0.2) is 4.99 Å². The van der Waals surface area contributed by atoms with Crippen LogP contribution >= 0.6 is 0 Å². The van der Waals surface area contributed by atoms with Crippen LogP contribution in [0.5, 0.6) is 0 Å². The second kappa shape index (κ2) is 6.99. The van der Waals surface area contributed by atoms with Crippen LogP contribution in [0.2, 0.25) is 0 Å². The van der Waals surface area contributed by atoms with E-state index in [9.17, 15) is 0 Å². The van der Waals surface area contributed by atoms with Crippen LogP contribution in [-0.2, 0) is 0 Å². The summed E-state index contributed by atoms with van der Waals surface area (Å²) in [4.78, 5) is 7.52. The summed E-state index contributed by atoms with van der Waals surface area (Å²) in [5, 5.41) is 7.13. The zero-order valence-corrected chi connectivity index (χ0v) is 13.8. The molecule has 0 aromatic rings. The maximum atomic E-state index is 4.85. The van der Waals surface area contributed by atoms with Crippen molar-refractivity contribution in [3.8, 4) is 0 Å². The Labute approximate surface area is 129 Å². The molecule has 0 aromatic heterocycles. The molecule has 3 rings (SSSR count). The molecule has 0 aromatic carbocycles. The SMILES string of the molecule is CCNC(=NCC1CCCC1)NC1CN(C2CC2)CC1C. The highest BCUT2D eigenvalue weighted by Gasteiger charge is 2.38. The lowest BCUT2D eigenvalue weighted by molar-refractivity contribution is 0.315. The first-order chi connectivity index (χ1) is 10.3. The van der Waals surface area contributed by atoms with Crippen molar-refractivity contribution in [1.82, 2.24) is 15.5 Å². The Morgan fingerprint density at radius 3 is 2.57 bits per heavy atom. The van der Waals surface area contributed by atoms with E-state index in [0.29, 0.717) is 6.04 Å². The molecule has 2 saturated carbocycles. The van der Waals surface area contributed by atoms with E-state index in [1.165, 1.54) is 51.6 Å². The third kappa shape index (κ3) is 4.12. The molecule has 0 bridgehead atoms. The van der Waals surface area contributed by atoms with Crippen molar-refractivity contribution in [3.05, 3.63) is 0 Å². The van der Waals surface area contributed by atoms with Gasteiger partial charge in [-0.1, -0.05) is 19.8 Å². The summed E-state index contributed by atoms with van der Waals surface area (Å²) in [5.41, 5.74) is 0. The van der Waals surface area contributed by atoms with E-state index in [0.717, 1.165) is 36.9 Å². The predicted octanol–water partition coefficient (Wildman–Crippen LogP) is 2.21. The van der Waals surface area contributed by atoms with Crippen molar-refractivity contribution in [2.45, 2.75) is 64.5 Å². The molecule has 0 radical (unpaired) electrons. The molecule has 120 valence electrons. The van der Waals surface area contributed by atoms with E-state index in [1.54, 1.807) is 0 Å². The Bertz CT molecular complexity index is 358. The van der Waals surface area contributed by atoms with Crippen LogP contribution < -0.4 is 10.6 Å². The van der Waals surface area contributed by atoms with Gasteiger partial charge in [0.05, 0.1) is 0 Å². The van der Waals surface area contributed by atoms with Gasteiger partial charge in [-0.25, -0.2) is 0 Å². The summed E-state index contributed by atoms with van der Waals surface area (Å²) in [6.45, 7) is 8.93. The van der Waals surface area contributed by atoms with Crippen LogP contribution in [0.25, 0.3) is 0 Å². The van der Waals surface area contributed by atoms with Gasteiger partial charge in [0.2, 0.25) is 0 Å². The van der Waals surface area contributed by atoms with Crippen LogP contribution in [-0.4, -0.2) is 49.1 Å². The average molecular weight is 292 g/mol. The summed E-state index contributed by atoms with van der Waals surface area (Å²) in [6.07, 6.45) is 8.38. The normalized spacial score (nSPS) is 31.8. The third-order valence-electron chi connectivity index (χ3n) is 5.35. The second-order valence-corrected chi connectivity index (χ2v) is 7.28. The Balaban J connectivity index is 1.52. The Kier molecular flexibility index (Phi) is 5.04. The van der Waals surface area contributed by atoms with E-state index in [-0.39, 0.29) is 0 Å². The molecule has 0 spiro atoms. The summed E-state index contributed by atoms with van der Waals surface area (Å²) in [7, 11) is 0. The lowest BCUT2D eigenvalue weighted by Gasteiger charge is -2.21. The molecule has 1 aliphatic heterocycles. The van der Waals surface area contributed by atoms with Crippen molar-refractivity contribution in [1.29, 1.82) is 0 Å². The number of guanidine groups is 1. The number of hydrogen-bond acceptors (Lipinski definition) is 2. The minimum absolute atomic E-state index is 0.562. The summed E-state index contributed by atoms with van der Waals surface area (Å²) in [5.74, 6) is 2.59. The zero-order chi connectivity index (χ0) is 14.7. The van der Waals surface area contributed by atoms with E-state index < -0.39 is 0 Å². The molecular formula is C17H32N4. The van der Waals surface area contributed by atoms with E-state index in [2.05, 4.69) is 29.4 Å². The van der Waals surface area contributed by atoms with Crippen molar-refractivity contribution in [3.63, 3.8) is 0 Å². The Morgan fingerprint density at radius 1 is 1.14 bits per heavy atom. The molecular weight excluding hydrogens is 260 g/mol. The summed E-state index contributed by atoms with van der Waals surface area (Å²) < 4.78 is 0. The maximum Gasteiger partial charge on any atom is 0.191 e. The molecule has 2 N–H and O–H groups in total. The summed E-state index contributed by atoms with van der Waals surface area (Å²) in [6, 6.07) is 1.45. The van der Waals surface area contributed by atoms with Crippen LogP contribution in [0, 0.1) is 11.8 Å². The van der Waals surface area contributed by atoms with Gasteiger partial charge in [-0.3, -0.25) is 9.89 Å². The molecule has 1 saturated heterocycles. The number of rotatable bonds is 5. The monoisotopic (exact) mass is 292 g/mol. The predicted molar refractivity (Wildman–Crippen MR) is 88.6 cm³/mol. The van der Waals surface area contributed by atoms with Crippen molar-refractivity contribution >= 4 is 5.96 Å². The number of nitrogens with one attached hydrogen (secondary N) is 2. The number of aliphatic imine (C=N–C) groups is 1. The van der Waals surface area contributed by atoms with Gasteiger partial charge >= 0.3 is 0 Å². The molecule has 3 aliphatic rings.